The highest BCUT2D eigenvalue weighted by molar-refractivity contribution is 5.79. The van der Waals surface area contributed by atoms with Crippen LogP contribution in [-0.4, -0.2) is 72.3 Å². The van der Waals surface area contributed by atoms with Crippen LogP contribution in [0.4, 0.5) is 18.0 Å². The van der Waals surface area contributed by atoms with Crippen LogP contribution in [0, 0.1) is 0 Å². The predicted octanol–water partition coefficient (Wildman–Crippen LogP) is 2.00. The van der Waals surface area contributed by atoms with E-state index in [2.05, 4.69) is 5.32 Å². The molecule has 0 saturated carbocycles. The Balaban J connectivity index is 1.25. The average Bonchev–Trinajstić information content (AvgIpc) is 2.71. The molecule has 1 N–H and O–H groups in total. The van der Waals surface area contributed by atoms with Gasteiger partial charge in [0.2, 0.25) is 5.91 Å². The Morgan fingerprint density at radius 3 is 2.67 bits per heavy atom. The number of halogens is 3. The van der Waals surface area contributed by atoms with Crippen molar-refractivity contribution in [1.29, 1.82) is 0 Å². The molecule has 1 aromatic carbocycles. The zero-order valence-corrected chi connectivity index (χ0v) is 16.5. The molecule has 0 bridgehead atoms. The fourth-order valence-electron chi connectivity index (χ4n) is 4.07. The lowest BCUT2D eigenvalue weighted by molar-refractivity contribution is -0.140. The van der Waals surface area contributed by atoms with Gasteiger partial charge in [0.1, 0.15) is 6.61 Å². The summed E-state index contributed by atoms with van der Waals surface area (Å²) in [6.45, 7) is 3.54. The maximum atomic E-state index is 12.8. The third-order valence-electron chi connectivity index (χ3n) is 5.99. The minimum absolute atomic E-state index is 0.0552. The number of carbonyl (C=O) groups excluding carboxylic acids is 2. The molecule has 0 spiro atoms. The molecule has 3 saturated heterocycles. The normalized spacial score (nSPS) is 29.1. The lowest BCUT2D eigenvalue weighted by Gasteiger charge is -2.49. The number of nitrogens with one attached hydrogen (secondary N) is 1. The van der Waals surface area contributed by atoms with Crippen LogP contribution in [0.2, 0.25) is 0 Å². The SMILES string of the molecule is CC1C(OCc2ccc(C(F)(F)F)cc2)CN1C(=O)N1CCC2OCC(=O)N[C@@H]2C1. The Bertz CT molecular complexity index is 801. The lowest BCUT2D eigenvalue weighted by atomic mass is 9.99. The standard InChI is InChI=1S/C20H24F3N3O4/c1-12-17(29-10-13-2-4-14(5-3-13)20(21,22)23)9-26(12)19(28)25-7-6-16-15(8-25)24-18(27)11-30-16/h2-5,12,15-17H,6-11H2,1H3,(H,24,27)/t12?,15-,16?,17?/m1/s1. The number of ether oxygens (including phenoxy) is 2. The summed E-state index contributed by atoms with van der Waals surface area (Å²) in [6.07, 6.45) is -3.91. The predicted molar refractivity (Wildman–Crippen MR) is 99.4 cm³/mol. The molecular weight excluding hydrogens is 403 g/mol. The van der Waals surface area contributed by atoms with Crippen molar-refractivity contribution in [3.63, 3.8) is 0 Å². The fourth-order valence-corrected chi connectivity index (χ4v) is 4.07. The Kier molecular flexibility index (Phi) is 5.63. The van der Waals surface area contributed by atoms with E-state index in [0.717, 1.165) is 12.1 Å². The number of piperidine rings is 1. The molecule has 3 aliphatic rings. The molecule has 0 aliphatic carbocycles. The molecule has 1 aromatic rings. The second-order valence-corrected chi connectivity index (χ2v) is 7.98. The molecule has 3 fully saturated rings. The number of rotatable bonds is 3. The molecule has 30 heavy (non-hydrogen) atoms. The number of amides is 3. The van der Waals surface area contributed by atoms with Crippen molar-refractivity contribution in [3.8, 4) is 0 Å². The van der Waals surface area contributed by atoms with Gasteiger partial charge in [-0.05, 0) is 31.0 Å². The topological polar surface area (TPSA) is 71.1 Å². The summed E-state index contributed by atoms with van der Waals surface area (Å²) in [5.74, 6) is -0.167. The Hall–Kier alpha value is -2.33. The first-order valence-electron chi connectivity index (χ1n) is 9.96. The van der Waals surface area contributed by atoms with Crippen LogP contribution in [0.5, 0.6) is 0 Å². The van der Waals surface area contributed by atoms with Gasteiger partial charge < -0.3 is 24.6 Å². The largest absolute Gasteiger partial charge is 0.416 e. The molecule has 3 aliphatic heterocycles. The van der Waals surface area contributed by atoms with Gasteiger partial charge in [-0.15, -0.1) is 0 Å². The molecule has 7 nitrogen and oxygen atoms in total. The summed E-state index contributed by atoms with van der Waals surface area (Å²) >= 11 is 0. The molecule has 10 heteroatoms. The number of nitrogens with zero attached hydrogens (tertiary/aromatic N) is 2. The molecule has 3 unspecified atom stereocenters. The molecular formula is C20H24F3N3O4. The molecule has 4 rings (SSSR count). The van der Waals surface area contributed by atoms with Crippen molar-refractivity contribution in [2.45, 2.75) is 50.4 Å². The summed E-state index contributed by atoms with van der Waals surface area (Å²) in [6, 6.07) is 4.45. The summed E-state index contributed by atoms with van der Waals surface area (Å²) in [4.78, 5) is 27.8. The maximum absolute atomic E-state index is 12.8. The third kappa shape index (κ3) is 4.24. The first-order valence-corrected chi connectivity index (χ1v) is 9.96. The van der Waals surface area contributed by atoms with Crippen molar-refractivity contribution >= 4 is 11.9 Å². The van der Waals surface area contributed by atoms with Crippen LogP contribution in [0.1, 0.15) is 24.5 Å². The molecule has 164 valence electrons. The molecule has 3 heterocycles. The quantitative estimate of drug-likeness (QED) is 0.801. The maximum Gasteiger partial charge on any atom is 0.416 e. The van der Waals surface area contributed by atoms with E-state index >= 15 is 0 Å². The van der Waals surface area contributed by atoms with Gasteiger partial charge in [-0.1, -0.05) is 12.1 Å². The number of urea groups is 1. The van der Waals surface area contributed by atoms with Gasteiger partial charge >= 0.3 is 12.2 Å². The second kappa shape index (κ2) is 8.07. The van der Waals surface area contributed by atoms with Gasteiger partial charge in [0, 0.05) is 13.1 Å². The van der Waals surface area contributed by atoms with E-state index in [1.165, 1.54) is 12.1 Å². The summed E-state index contributed by atoms with van der Waals surface area (Å²) < 4.78 is 49.2. The van der Waals surface area contributed by atoms with E-state index in [1.54, 1.807) is 9.80 Å². The van der Waals surface area contributed by atoms with Gasteiger partial charge in [0.05, 0.1) is 43.0 Å². The van der Waals surface area contributed by atoms with Crippen LogP contribution in [0.15, 0.2) is 24.3 Å². The highest BCUT2D eigenvalue weighted by Gasteiger charge is 2.44. The van der Waals surface area contributed by atoms with E-state index in [4.69, 9.17) is 9.47 Å². The Morgan fingerprint density at radius 1 is 1.27 bits per heavy atom. The molecule has 0 radical (unpaired) electrons. The number of hydrogen-bond donors (Lipinski definition) is 1. The summed E-state index contributed by atoms with van der Waals surface area (Å²) in [7, 11) is 0. The van der Waals surface area contributed by atoms with E-state index in [9.17, 15) is 22.8 Å². The van der Waals surface area contributed by atoms with Crippen LogP contribution in [0.25, 0.3) is 0 Å². The van der Waals surface area contributed by atoms with Crippen molar-refractivity contribution in [2.75, 3.05) is 26.2 Å². The van der Waals surface area contributed by atoms with E-state index < -0.39 is 11.7 Å². The Labute approximate surface area is 172 Å². The number of morpholine rings is 1. The van der Waals surface area contributed by atoms with Crippen LogP contribution < -0.4 is 5.32 Å². The van der Waals surface area contributed by atoms with Crippen molar-refractivity contribution < 1.29 is 32.2 Å². The zero-order valence-electron chi connectivity index (χ0n) is 16.5. The number of fused-ring (bicyclic) bond motifs is 1. The lowest BCUT2D eigenvalue weighted by Crippen LogP contribution is -2.67. The van der Waals surface area contributed by atoms with Crippen molar-refractivity contribution in [1.82, 2.24) is 15.1 Å². The molecule has 3 amide bonds. The van der Waals surface area contributed by atoms with Gasteiger partial charge in [-0.3, -0.25) is 4.79 Å². The highest BCUT2D eigenvalue weighted by Crippen LogP contribution is 2.30. The van der Waals surface area contributed by atoms with Gasteiger partial charge in [-0.2, -0.15) is 13.2 Å². The van der Waals surface area contributed by atoms with E-state index in [1.807, 2.05) is 6.92 Å². The number of likely N-dealkylation sites (tertiary alicyclic amines) is 2. The fraction of sp³-hybridized carbons (Fsp3) is 0.600. The van der Waals surface area contributed by atoms with Gasteiger partial charge in [-0.25, -0.2) is 4.79 Å². The van der Waals surface area contributed by atoms with Crippen molar-refractivity contribution in [3.05, 3.63) is 35.4 Å². The second-order valence-electron chi connectivity index (χ2n) is 7.98. The van der Waals surface area contributed by atoms with Crippen molar-refractivity contribution in [2.24, 2.45) is 0 Å². The number of alkyl halides is 3. The van der Waals surface area contributed by atoms with E-state index in [-0.39, 0.29) is 49.4 Å². The minimum Gasteiger partial charge on any atom is -0.370 e. The minimum atomic E-state index is -4.36. The van der Waals surface area contributed by atoms with Crippen LogP contribution in [0.3, 0.4) is 0 Å². The van der Waals surface area contributed by atoms with Gasteiger partial charge in [0.25, 0.3) is 0 Å². The average molecular weight is 427 g/mol. The number of hydrogen-bond acceptors (Lipinski definition) is 4. The number of carbonyl (C=O) groups is 2. The third-order valence-corrected chi connectivity index (χ3v) is 5.99. The monoisotopic (exact) mass is 427 g/mol. The van der Waals surface area contributed by atoms with E-state index in [0.29, 0.717) is 31.6 Å². The first-order chi connectivity index (χ1) is 14.2. The van der Waals surface area contributed by atoms with Crippen LogP contribution in [-0.2, 0) is 27.1 Å². The Morgan fingerprint density at radius 2 is 2.00 bits per heavy atom. The van der Waals surface area contributed by atoms with Crippen LogP contribution >= 0.6 is 0 Å². The zero-order chi connectivity index (χ0) is 21.5. The molecule has 4 atom stereocenters. The number of benzene rings is 1. The van der Waals surface area contributed by atoms with Gasteiger partial charge in [0.15, 0.2) is 0 Å². The molecule has 0 aromatic heterocycles. The summed E-state index contributed by atoms with van der Waals surface area (Å²) in [5, 5.41) is 2.88. The smallest absolute Gasteiger partial charge is 0.370 e. The summed E-state index contributed by atoms with van der Waals surface area (Å²) in [5.41, 5.74) is -0.0431. The highest BCUT2D eigenvalue weighted by atomic mass is 19.4. The first kappa shape index (κ1) is 20.9.